The van der Waals surface area contributed by atoms with Crippen LogP contribution in [0, 0.1) is 11.6 Å². The molecule has 4 rings (SSSR count). The number of carbonyl (C=O) groups is 1. The van der Waals surface area contributed by atoms with E-state index in [1.54, 1.807) is 30.3 Å². The number of rotatable bonds is 5. The summed E-state index contributed by atoms with van der Waals surface area (Å²) in [6.45, 7) is 0. The van der Waals surface area contributed by atoms with Crippen LogP contribution in [0.15, 0.2) is 53.2 Å². The second-order valence-corrected chi connectivity index (χ2v) is 6.84. The summed E-state index contributed by atoms with van der Waals surface area (Å²) in [4.78, 5) is 13.0. The van der Waals surface area contributed by atoms with E-state index in [-0.39, 0.29) is 38.7 Å². The van der Waals surface area contributed by atoms with Crippen molar-refractivity contribution >= 4 is 21.9 Å². The molecule has 3 aromatic rings. The number of hydrogen-bond donors (Lipinski definition) is 0. The number of ketones is 1. The molecule has 4 nitrogen and oxygen atoms in total. The molecule has 1 fully saturated rings. The summed E-state index contributed by atoms with van der Waals surface area (Å²) in [6, 6.07) is 10.4. The van der Waals surface area contributed by atoms with Crippen LogP contribution in [0.2, 0.25) is 0 Å². The molecule has 0 N–H and O–H groups in total. The zero-order chi connectivity index (χ0) is 19.0. The number of hydrogen-bond acceptors (Lipinski definition) is 4. The molecule has 1 heterocycles. The fourth-order valence-corrected chi connectivity index (χ4v) is 3.50. The van der Waals surface area contributed by atoms with Crippen LogP contribution in [0.4, 0.5) is 8.78 Å². The number of carbonyl (C=O) groups excluding carboxylic acids is 1. The van der Waals surface area contributed by atoms with Crippen molar-refractivity contribution in [2.24, 2.45) is 0 Å². The highest BCUT2D eigenvalue weighted by Gasteiger charge is 2.34. The van der Waals surface area contributed by atoms with Crippen molar-refractivity contribution in [3.05, 3.63) is 88.3 Å². The molecule has 2 aromatic carbocycles. The van der Waals surface area contributed by atoms with Crippen LogP contribution in [0.3, 0.4) is 0 Å². The second-order valence-electron chi connectivity index (χ2n) is 6.27. The smallest absolute Gasteiger partial charge is 0.198 e. The summed E-state index contributed by atoms with van der Waals surface area (Å²) in [6.07, 6.45) is 3.06. The first-order valence-corrected chi connectivity index (χ1v) is 9.05. The molecule has 0 unspecified atom stereocenters. The van der Waals surface area contributed by atoms with Crippen molar-refractivity contribution < 1.29 is 22.3 Å². The van der Waals surface area contributed by atoms with Gasteiger partial charge in [-0.2, -0.15) is 0 Å². The standard InChI is InChI=1S/C20H13F2NO3S/c21-15-9-8-13(18(24)14-10-23-26-19(14)11-6-7-11)16(17(15)22)20(27-25)12-4-2-1-3-5-12/h1-5,8-11H,6-7H2. The van der Waals surface area contributed by atoms with Gasteiger partial charge in [0.15, 0.2) is 23.2 Å². The van der Waals surface area contributed by atoms with Gasteiger partial charge in [0, 0.05) is 17.0 Å². The molecule has 0 aliphatic heterocycles. The Hall–Kier alpha value is -2.93. The van der Waals surface area contributed by atoms with Crippen molar-refractivity contribution in [3.8, 4) is 0 Å². The number of nitrogens with zero attached hydrogens (tertiary/aromatic N) is 1. The maximum absolute atomic E-state index is 14.7. The first-order valence-electron chi connectivity index (χ1n) is 8.31. The lowest BCUT2D eigenvalue weighted by molar-refractivity contribution is 0.103. The summed E-state index contributed by atoms with van der Waals surface area (Å²) in [5, 5.41) is 3.69. The lowest BCUT2D eigenvalue weighted by atomic mass is 9.93. The maximum atomic E-state index is 14.7. The van der Waals surface area contributed by atoms with Gasteiger partial charge in [-0.15, -0.1) is 0 Å². The third-order valence-electron chi connectivity index (χ3n) is 4.48. The maximum Gasteiger partial charge on any atom is 0.198 e. The molecule has 0 radical (unpaired) electrons. The van der Waals surface area contributed by atoms with Gasteiger partial charge in [-0.05, 0) is 30.5 Å². The minimum atomic E-state index is -1.23. The molecule has 1 aliphatic carbocycles. The van der Waals surface area contributed by atoms with Crippen LogP contribution in [-0.2, 0) is 11.3 Å². The molecule has 1 aliphatic rings. The van der Waals surface area contributed by atoms with Gasteiger partial charge in [-0.1, -0.05) is 35.5 Å². The Morgan fingerprint density at radius 2 is 1.81 bits per heavy atom. The third kappa shape index (κ3) is 3.14. The van der Waals surface area contributed by atoms with Crippen LogP contribution in [0.5, 0.6) is 0 Å². The molecular formula is C20H13F2NO3S. The minimum Gasteiger partial charge on any atom is -0.360 e. The molecule has 136 valence electrons. The van der Waals surface area contributed by atoms with E-state index in [1.165, 1.54) is 12.3 Å². The van der Waals surface area contributed by atoms with Crippen molar-refractivity contribution in [1.82, 2.24) is 5.16 Å². The average Bonchev–Trinajstić information content (AvgIpc) is 3.42. The van der Waals surface area contributed by atoms with Crippen LogP contribution in [-0.4, -0.2) is 20.0 Å². The highest BCUT2D eigenvalue weighted by Crippen LogP contribution is 2.42. The van der Waals surface area contributed by atoms with Crippen LogP contribution in [0.25, 0.3) is 0 Å². The number of aromatic nitrogens is 1. The van der Waals surface area contributed by atoms with Crippen molar-refractivity contribution in [2.45, 2.75) is 18.8 Å². The zero-order valence-electron chi connectivity index (χ0n) is 13.9. The second kappa shape index (κ2) is 7.00. The fourth-order valence-electron chi connectivity index (χ4n) is 2.99. The van der Waals surface area contributed by atoms with E-state index in [9.17, 15) is 17.8 Å². The lowest BCUT2D eigenvalue weighted by Gasteiger charge is -2.11. The first-order chi connectivity index (χ1) is 13.1. The molecule has 7 heteroatoms. The summed E-state index contributed by atoms with van der Waals surface area (Å²) in [5.74, 6) is -2.34. The third-order valence-corrected chi connectivity index (χ3v) is 5.08. The van der Waals surface area contributed by atoms with E-state index >= 15 is 0 Å². The lowest BCUT2D eigenvalue weighted by Crippen LogP contribution is -2.16. The molecule has 0 amide bonds. The highest BCUT2D eigenvalue weighted by molar-refractivity contribution is 7.67. The quantitative estimate of drug-likeness (QED) is 0.495. The average molecular weight is 385 g/mol. The van der Waals surface area contributed by atoms with E-state index in [0.29, 0.717) is 11.3 Å². The predicted molar refractivity (Wildman–Crippen MR) is 96.1 cm³/mol. The van der Waals surface area contributed by atoms with Gasteiger partial charge in [0.05, 0.1) is 27.9 Å². The number of halogens is 2. The van der Waals surface area contributed by atoms with E-state index in [2.05, 4.69) is 5.16 Å². The predicted octanol–water partition coefficient (Wildman–Crippen LogP) is 3.84. The zero-order valence-corrected chi connectivity index (χ0v) is 14.8. The van der Waals surface area contributed by atoms with Gasteiger partial charge >= 0.3 is 0 Å². The summed E-state index contributed by atoms with van der Waals surface area (Å²) < 4.78 is 45.6. The fraction of sp³-hybridized carbons (Fsp3) is 0.150. The van der Waals surface area contributed by atoms with E-state index < -0.39 is 17.4 Å². The first kappa shape index (κ1) is 17.5. The van der Waals surface area contributed by atoms with Gasteiger partial charge < -0.3 is 4.52 Å². The van der Waals surface area contributed by atoms with Crippen LogP contribution < -0.4 is 0 Å². The molecule has 0 atom stereocenters. The van der Waals surface area contributed by atoms with Gasteiger partial charge in [-0.25, -0.2) is 13.0 Å². The molecular weight excluding hydrogens is 372 g/mol. The molecule has 1 saturated carbocycles. The van der Waals surface area contributed by atoms with Crippen molar-refractivity contribution in [1.29, 1.82) is 0 Å². The molecule has 27 heavy (non-hydrogen) atoms. The minimum absolute atomic E-state index is 0.0194. The Balaban J connectivity index is 1.89. The van der Waals surface area contributed by atoms with Crippen LogP contribution in [0.1, 0.15) is 51.6 Å². The van der Waals surface area contributed by atoms with Gasteiger partial charge in [0.1, 0.15) is 0 Å². The summed E-state index contributed by atoms with van der Waals surface area (Å²) >= 11 is 0.0194. The Bertz CT molecular complexity index is 1080. The topological polar surface area (TPSA) is 60.2 Å². The van der Waals surface area contributed by atoms with Gasteiger partial charge in [0.25, 0.3) is 0 Å². The van der Waals surface area contributed by atoms with Crippen LogP contribution >= 0.6 is 0 Å². The molecule has 1 aromatic heterocycles. The molecule has 0 saturated heterocycles. The normalized spacial score (nSPS) is 13.4. The Kier molecular flexibility index (Phi) is 4.53. The van der Waals surface area contributed by atoms with E-state index in [1.807, 2.05) is 0 Å². The molecule has 0 bridgehead atoms. The largest absolute Gasteiger partial charge is 0.360 e. The Morgan fingerprint density at radius 1 is 1.07 bits per heavy atom. The van der Waals surface area contributed by atoms with Crippen molar-refractivity contribution in [3.63, 3.8) is 0 Å². The SMILES string of the molecule is O=S=C(c1ccccc1)c1c(C(=O)c2cnoc2C2CC2)ccc(F)c1F. The summed E-state index contributed by atoms with van der Waals surface area (Å²) in [7, 11) is 0. The van der Waals surface area contributed by atoms with E-state index in [0.717, 1.165) is 18.9 Å². The van der Waals surface area contributed by atoms with Gasteiger partial charge in [-0.3, -0.25) is 4.79 Å². The highest BCUT2D eigenvalue weighted by atomic mass is 32.1. The van der Waals surface area contributed by atoms with E-state index in [4.69, 9.17) is 4.52 Å². The van der Waals surface area contributed by atoms with Gasteiger partial charge in [0.2, 0.25) is 0 Å². The molecule has 0 spiro atoms. The monoisotopic (exact) mass is 385 g/mol. The Morgan fingerprint density at radius 3 is 2.48 bits per heavy atom. The summed E-state index contributed by atoms with van der Waals surface area (Å²) in [5.41, 5.74) is 0.187. The number of benzene rings is 2. The Labute approximate surface area is 156 Å². The van der Waals surface area contributed by atoms with Crippen molar-refractivity contribution in [2.75, 3.05) is 0 Å².